The van der Waals surface area contributed by atoms with Crippen LogP contribution in [0.25, 0.3) is 0 Å². The van der Waals surface area contributed by atoms with Gasteiger partial charge in [-0.15, -0.1) is 0 Å². The summed E-state index contributed by atoms with van der Waals surface area (Å²) in [5, 5.41) is 8.76. The largest absolute Gasteiger partial charge is 0.488 e. The van der Waals surface area contributed by atoms with Gasteiger partial charge in [-0.1, -0.05) is 18.2 Å². The molecule has 1 rings (SSSR count). The second kappa shape index (κ2) is 4.12. The maximum absolute atomic E-state index is 8.76. The molecule has 0 radical (unpaired) electrons. The lowest BCUT2D eigenvalue weighted by Crippen LogP contribution is -2.16. The van der Waals surface area contributed by atoms with Crippen molar-refractivity contribution in [3.8, 4) is 5.75 Å². The molecule has 12 heavy (non-hydrogen) atoms. The number of aliphatic hydroxyl groups excluding tert-OH is 1. The average Bonchev–Trinajstić information content (AvgIpc) is 2.09. The summed E-state index contributed by atoms with van der Waals surface area (Å²) in [6.45, 7) is 3.88. The Kier molecular flexibility index (Phi) is 3.11. The number of benzene rings is 1. The van der Waals surface area contributed by atoms with Crippen molar-refractivity contribution in [1.29, 1.82) is 0 Å². The fourth-order valence-corrected chi connectivity index (χ4v) is 0.943. The van der Waals surface area contributed by atoms with Gasteiger partial charge in [-0.2, -0.15) is 0 Å². The summed E-state index contributed by atoms with van der Waals surface area (Å²) in [7, 11) is 0. The lowest BCUT2D eigenvalue weighted by molar-refractivity contribution is 0.129. The van der Waals surface area contributed by atoms with Crippen LogP contribution < -0.4 is 4.74 Å². The highest BCUT2D eigenvalue weighted by atomic mass is 16.5. The Morgan fingerprint density at radius 3 is 2.67 bits per heavy atom. The van der Waals surface area contributed by atoms with Crippen molar-refractivity contribution in [2.24, 2.45) is 0 Å². The SMILES string of the molecule is Cc1ccccc1O[C@@H](C)CO. The van der Waals surface area contributed by atoms with Crippen molar-refractivity contribution in [3.05, 3.63) is 29.8 Å². The topological polar surface area (TPSA) is 29.5 Å². The summed E-state index contributed by atoms with van der Waals surface area (Å²) in [6.07, 6.45) is -0.133. The first kappa shape index (κ1) is 9.07. The number of aryl methyl sites for hydroxylation is 1. The average molecular weight is 166 g/mol. The minimum Gasteiger partial charge on any atom is -0.488 e. The van der Waals surface area contributed by atoms with Crippen molar-refractivity contribution in [1.82, 2.24) is 0 Å². The second-order valence-electron chi connectivity index (χ2n) is 2.88. The molecule has 0 bridgehead atoms. The van der Waals surface area contributed by atoms with Crippen molar-refractivity contribution in [2.45, 2.75) is 20.0 Å². The third-order valence-corrected chi connectivity index (χ3v) is 1.68. The number of hydrogen-bond acceptors (Lipinski definition) is 2. The van der Waals surface area contributed by atoms with Crippen molar-refractivity contribution in [2.75, 3.05) is 6.61 Å². The highest BCUT2D eigenvalue weighted by Gasteiger charge is 2.02. The van der Waals surface area contributed by atoms with E-state index >= 15 is 0 Å². The van der Waals surface area contributed by atoms with Crippen LogP contribution in [0.4, 0.5) is 0 Å². The highest BCUT2D eigenvalue weighted by molar-refractivity contribution is 5.31. The van der Waals surface area contributed by atoms with Crippen LogP contribution in [0, 0.1) is 6.92 Å². The monoisotopic (exact) mass is 166 g/mol. The molecule has 1 N–H and O–H groups in total. The van der Waals surface area contributed by atoms with Crippen LogP contribution in [0.3, 0.4) is 0 Å². The first-order chi connectivity index (χ1) is 5.74. The van der Waals surface area contributed by atoms with Crippen LogP contribution in [-0.2, 0) is 0 Å². The summed E-state index contributed by atoms with van der Waals surface area (Å²) in [5.41, 5.74) is 1.10. The third-order valence-electron chi connectivity index (χ3n) is 1.68. The van der Waals surface area contributed by atoms with Gasteiger partial charge in [-0.25, -0.2) is 0 Å². The lowest BCUT2D eigenvalue weighted by Gasteiger charge is -2.13. The van der Waals surface area contributed by atoms with Gasteiger partial charge < -0.3 is 9.84 Å². The van der Waals surface area contributed by atoms with Gasteiger partial charge in [0.1, 0.15) is 11.9 Å². The third kappa shape index (κ3) is 2.24. The molecule has 0 saturated carbocycles. The van der Waals surface area contributed by atoms with Crippen LogP contribution in [0.2, 0.25) is 0 Å². The fraction of sp³-hybridized carbons (Fsp3) is 0.400. The zero-order chi connectivity index (χ0) is 8.97. The van der Waals surface area contributed by atoms with Crippen LogP contribution in [0.5, 0.6) is 5.75 Å². The molecule has 66 valence electrons. The van der Waals surface area contributed by atoms with Crippen LogP contribution >= 0.6 is 0 Å². The molecule has 1 aromatic carbocycles. The Morgan fingerprint density at radius 1 is 1.42 bits per heavy atom. The van der Waals surface area contributed by atoms with Gasteiger partial charge in [0, 0.05) is 0 Å². The van der Waals surface area contributed by atoms with E-state index in [1.807, 2.05) is 38.1 Å². The van der Waals surface area contributed by atoms with Crippen LogP contribution in [-0.4, -0.2) is 17.8 Å². The molecule has 0 aliphatic rings. The lowest BCUT2D eigenvalue weighted by atomic mass is 10.2. The minimum atomic E-state index is -0.133. The molecule has 0 unspecified atom stereocenters. The van der Waals surface area contributed by atoms with E-state index in [0.717, 1.165) is 11.3 Å². The Balaban J connectivity index is 2.69. The number of hydrogen-bond donors (Lipinski definition) is 1. The van der Waals surface area contributed by atoms with Crippen LogP contribution in [0.15, 0.2) is 24.3 Å². The number of aliphatic hydroxyl groups is 1. The van der Waals surface area contributed by atoms with E-state index in [1.54, 1.807) is 0 Å². The first-order valence-electron chi connectivity index (χ1n) is 4.07. The Hall–Kier alpha value is -1.02. The molecule has 1 atom stereocenters. The standard InChI is InChI=1S/C10H14O2/c1-8-5-3-4-6-10(8)12-9(2)7-11/h3-6,9,11H,7H2,1-2H3/t9-/m0/s1. The molecule has 0 aliphatic heterocycles. The maximum atomic E-state index is 8.76. The van der Waals surface area contributed by atoms with E-state index in [2.05, 4.69) is 0 Å². The zero-order valence-corrected chi connectivity index (χ0v) is 7.45. The van der Waals surface area contributed by atoms with Gasteiger partial charge in [0.25, 0.3) is 0 Å². The summed E-state index contributed by atoms with van der Waals surface area (Å²) in [6, 6.07) is 7.78. The van der Waals surface area contributed by atoms with Crippen molar-refractivity contribution >= 4 is 0 Å². The van der Waals surface area contributed by atoms with Crippen LogP contribution in [0.1, 0.15) is 12.5 Å². The van der Waals surface area contributed by atoms with E-state index in [-0.39, 0.29) is 12.7 Å². The maximum Gasteiger partial charge on any atom is 0.122 e. The Labute approximate surface area is 72.8 Å². The molecule has 1 aromatic rings. The normalized spacial score (nSPS) is 12.6. The van der Waals surface area contributed by atoms with Gasteiger partial charge in [0.15, 0.2) is 0 Å². The number of ether oxygens (including phenoxy) is 1. The molecule has 0 amide bonds. The molecule has 0 aliphatic carbocycles. The van der Waals surface area contributed by atoms with E-state index in [4.69, 9.17) is 9.84 Å². The summed E-state index contributed by atoms with van der Waals surface area (Å²) >= 11 is 0. The number of rotatable bonds is 3. The molecular weight excluding hydrogens is 152 g/mol. The summed E-state index contributed by atoms with van der Waals surface area (Å²) < 4.78 is 5.44. The predicted molar refractivity (Wildman–Crippen MR) is 48.4 cm³/mol. The highest BCUT2D eigenvalue weighted by Crippen LogP contribution is 2.17. The quantitative estimate of drug-likeness (QED) is 0.741. The van der Waals surface area contributed by atoms with Gasteiger partial charge in [-0.05, 0) is 25.5 Å². The predicted octanol–water partition coefficient (Wildman–Crippen LogP) is 1.75. The molecular formula is C10H14O2. The van der Waals surface area contributed by atoms with Gasteiger partial charge >= 0.3 is 0 Å². The minimum absolute atomic E-state index is 0.0499. The smallest absolute Gasteiger partial charge is 0.122 e. The molecule has 0 saturated heterocycles. The molecule has 0 fully saturated rings. The van der Waals surface area contributed by atoms with Crippen molar-refractivity contribution in [3.63, 3.8) is 0 Å². The first-order valence-corrected chi connectivity index (χ1v) is 4.07. The molecule has 0 aromatic heterocycles. The molecule has 2 heteroatoms. The summed E-state index contributed by atoms with van der Waals surface area (Å²) in [4.78, 5) is 0. The van der Waals surface area contributed by atoms with E-state index in [9.17, 15) is 0 Å². The van der Waals surface area contributed by atoms with Gasteiger partial charge in [0.2, 0.25) is 0 Å². The number of para-hydroxylation sites is 1. The Bertz CT molecular complexity index is 245. The molecule has 0 heterocycles. The summed E-state index contributed by atoms with van der Waals surface area (Å²) in [5.74, 6) is 0.846. The van der Waals surface area contributed by atoms with Crippen molar-refractivity contribution < 1.29 is 9.84 Å². The molecule has 2 nitrogen and oxygen atoms in total. The second-order valence-corrected chi connectivity index (χ2v) is 2.88. The van der Waals surface area contributed by atoms with E-state index < -0.39 is 0 Å². The Morgan fingerprint density at radius 2 is 2.08 bits per heavy atom. The van der Waals surface area contributed by atoms with Gasteiger partial charge in [0.05, 0.1) is 6.61 Å². The van der Waals surface area contributed by atoms with Gasteiger partial charge in [-0.3, -0.25) is 0 Å². The zero-order valence-electron chi connectivity index (χ0n) is 7.45. The van der Waals surface area contributed by atoms with E-state index in [0.29, 0.717) is 0 Å². The molecule has 0 spiro atoms. The fourth-order valence-electron chi connectivity index (χ4n) is 0.943. The van der Waals surface area contributed by atoms with E-state index in [1.165, 1.54) is 0 Å².